The Bertz CT molecular complexity index is 598. The molecule has 2 aliphatic rings. The van der Waals surface area contributed by atoms with Gasteiger partial charge in [-0.1, -0.05) is 18.2 Å². The summed E-state index contributed by atoms with van der Waals surface area (Å²) in [7, 11) is 2.22. The van der Waals surface area contributed by atoms with Crippen molar-refractivity contribution in [1.82, 2.24) is 15.5 Å². The first-order valence-corrected chi connectivity index (χ1v) is 10.7. The molecule has 1 aromatic carbocycles. The minimum atomic E-state index is 0. The van der Waals surface area contributed by atoms with E-state index in [0.29, 0.717) is 6.54 Å². The van der Waals surface area contributed by atoms with Gasteiger partial charge in [-0.15, -0.1) is 24.0 Å². The molecule has 3 rings (SSSR count). The number of likely N-dealkylation sites (tertiary alicyclic amines) is 1. The SMILES string of the molecule is CCNC(=NCc1ccccc1OCC1CC1)NCCC1CCN(C)CC1.I. The first-order valence-electron chi connectivity index (χ1n) is 10.7. The minimum Gasteiger partial charge on any atom is -0.493 e. The molecule has 1 heterocycles. The Morgan fingerprint density at radius 3 is 2.57 bits per heavy atom. The van der Waals surface area contributed by atoms with Gasteiger partial charge in [-0.05, 0) is 77.1 Å². The van der Waals surface area contributed by atoms with E-state index in [1.807, 2.05) is 6.07 Å². The van der Waals surface area contributed by atoms with Crippen LogP contribution in [-0.2, 0) is 6.54 Å². The van der Waals surface area contributed by atoms with Crippen LogP contribution in [0.1, 0.15) is 44.6 Å². The van der Waals surface area contributed by atoms with Crippen molar-refractivity contribution < 1.29 is 4.74 Å². The standard InChI is InChI=1S/C22H36N4O.HI/c1-3-23-22(24-13-10-18-11-14-26(2)15-12-18)25-16-20-6-4-5-7-21(20)27-17-19-8-9-19;/h4-7,18-19H,3,8-17H2,1-2H3,(H2,23,24,25);1H. The van der Waals surface area contributed by atoms with E-state index in [4.69, 9.17) is 9.73 Å². The molecule has 2 N–H and O–H groups in total. The predicted molar refractivity (Wildman–Crippen MR) is 128 cm³/mol. The second-order valence-corrected chi connectivity index (χ2v) is 8.02. The Kier molecular flexibility index (Phi) is 10.4. The summed E-state index contributed by atoms with van der Waals surface area (Å²) in [6, 6.07) is 8.29. The summed E-state index contributed by atoms with van der Waals surface area (Å²) in [5.41, 5.74) is 1.16. The van der Waals surface area contributed by atoms with Gasteiger partial charge in [0.2, 0.25) is 0 Å². The molecule has 1 aromatic rings. The van der Waals surface area contributed by atoms with Crippen LogP contribution in [-0.4, -0.2) is 50.7 Å². The van der Waals surface area contributed by atoms with E-state index in [9.17, 15) is 0 Å². The van der Waals surface area contributed by atoms with Crippen molar-refractivity contribution in [3.8, 4) is 5.75 Å². The van der Waals surface area contributed by atoms with E-state index in [-0.39, 0.29) is 24.0 Å². The molecular formula is C22H37IN4O. The summed E-state index contributed by atoms with van der Waals surface area (Å²) in [5.74, 6) is 3.49. The number of benzene rings is 1. The number of aliphatic imine (C=N–C) groups is 1. The van der Waals surface area contributed by atoms with Gasteiger partial charge in [0.05, 0.1) is 13.2 Å². The second kappa shape index (κ2) is 12.5. The third kappa shape index (κ3) is 8.15. The van der Waals surface area contributed by atoms with Gasteiger partial charge < -0.3 is 20.3 Å². The fraction of sp³-hybridized carbons (Fsp3) is 0.682. The summed E-state index contributed by atoms with van der Waals surface area (Å²) in [6.07, 6.45) is 6.48. The maximum Gasteiger partial charge on any atom is 0.191 e. The minimum absolute atomic E-state index is 0. The Hall–Kier alpha value is -1.02. The summed E-state index contributed by atoms with van der Waals surface area (Å²) in [4.78, 5) is 7.22. The first-order chi connectivity index (χ1) is 13.2. The van der Waals surface area contributed by atoms with Gasteiger partial charge in [-0.25, -0.2) is 4.99 Å². The lowest BCUT2D eigenvalue weighted by atomic mass is 9.94. The molecule has 0 aromatic heterocycles. The summed E-state index contributed by atoms with van der Waals surface area (Å²) >= 11 is 0. The number of nitrogens with zero attached hydrogens (tertiary/aromatic N) is 2. The fourth-order valence-corrected chi connectivity index (χ4v) is 3.52. The molecule has 0 bridgehead atoms. The Labute approximate surface area is 187 Å². The van der Waals surface area contributed by atoms with Crippen LogP contribution in [0.2, 0.25) is 0 Å². The number of hydrogen-bond acceptors (Lipinski definition) is 3. The maximum atomic E-state index is 6.01. The third-order valence-electron chi connectivity index (χ3n) is 5.58. The molecular weight excluding hydrogens is 463 g/mol. The van der Waals surface area contributed by atoms with Crippen LogP contribution in [0.4, 0.5) is 0 Å². The molecule has 1 aliphatic heterocycles. The van der Waals surface area contributed by atoms with E-state index in [2.05, 4.69) is 47.7 Å². The monoisotopic (exact) mass is 500 g/mol. The fourth-order valence-electron chi connectivity index (χ4n) is 3.52. The molecule has 0 radical (unpaired) electrons. The van der Waals surface area contributed by atoms with Crippen LogP contribution < -0.4 is 15.4 Å². The van der Waals surface area contributed by atoms with Crippen molar-refractivity contribution in [2.45, 2.75) is 45.6 Å². The van der Waals surface area contributed by atoms with Crippen LogP contribution >= 0.6 is 24.0 Å². The Morgan fingerprint density at radius 1 is 1.11 bits per heavy atom. The number of para-hydroxylation sites is 1. The van der Waals surface area contributed by atoms with Crippen molar-refractivity contribution in [1.29, 1.82) is 0 Å². The molecule has 1 aliphatic carbocycles. The lowest BCUT2D eigenvalue weighted by Crippen LogP contribution is -2.39. The molecule has 6 heteroatoms. The van der Waals surface area contributed by atoms with E-state index < -0.39 is 0 Å². The summed E-state index contributed by atoms with van der Waals surface area (Å²) in [6.45, 7) is 7.92. The first kappa shape index (κ1) is 23.3. The number of nitrogens with one attached hydrogen (secondary N) is 2. The number of piperidine rings is 1. The molecule has 0 spiro atoms. The average Bonchev–Trinajstić information content (AvgIpc) is 3.51. The van der Waals surface area contributed by atoms with Gasteiger partial charge in [0.15, 0.2) is 5.96 Å². The molecule has 1 saturated carbocycles. The van der Waals surface area contributed by atoms with Crippen LogP contribution in [0.5, 0.6) is 5.75 Å². The second-order valence-electron chi connectivity index (χ2n) is 8.02. The summed E-state index contributed by atoms with van der Waals surface area (Å²) in [5, 5.41) is 6.88. The third-order valence-corrected chi connectivity index (χ3v) is 5.58. The number of guanidine groups is 1. The highest BCUT2D eigenvalue weighted by Gasteiger charge is 2.22. The van der Waals surface area contributed by atoms with Crippen molar-refractivity contribution in [3.05, 3.63) is 29.8 Å². The Balaban J connectivity index is 0.00000280. The molecule has 0 amide bonds. The van der Waals surface area contributed by atoms with Gasteiger partial charge >= 0.3 is 0 Å². The topological polar surface area (TPSA) is 48.9 Å². The Morgan fingerprint density at radius 2 is 1.86 bits per heavy atom. The van der Waals surface area contributed by atoms with Crippen molar-refractivity contribution >= 4 is 29.9 Å². The highest BCUT2D eigenvalue weighted by Crippen LogP contribution is 2.30. The molecule has 28 heavy (non-hydrogen) atoms. The molecule has 0 unspecified atom stereocenters. The number of hydrogen-bond donors (Lipinski definition) is 2. The van der Waals surface area contributed by atoms with Gasteiger partial charge in [-0.3, -0.25) is 0 Å². The lowest BCUT2D eigenvalue weighted by molar-refractivity contribution is 0.213. The van der Waals surface area contributed by atoms with Crippen LogP contribution in [0.15, 0.2) is 29.3 Å². The van der Waals surface area contributed by atoms with Crippen LogP contribution in [0.3, 0.4) is 0 Å². The predicted octanol–water partition coefficient (Wildman–Crippen LogP) is 3.88. The number of ether oxygens (including phenoxy) is 1. The van der Waals surface area contributed by atoms with E-state index >= 15 is 0 Å². The molecule has 1 saturated heterocycles. The molecule has 0 atom stereocenters. The highest BCUT2D eigenvalue weighted by molar-refractivity contribution is 14.0. The number of rotatable bonds is 9. The number of halogens is 1. The maximum absolute atomic E-state index is 6.01. The van der Waals surface area contributed by atoms with Crippen molar-refractivity contribution in [2.75, 3.05) is 39.8 Å². The van der Waals surface area contributed by atoms with Crippen LogP contribution in [0, 0.1) is 11.8 Å². The summed E-state index contributed by atoms with van der Waals surface area (Å²) < 4.78 is 6.01. The molecule has 158 valence electrons. The van der Waals surface area contributed by atoms with Gasteiger partial charge in [0, 0.05) is 18.7 Å². The smallest absolute Gasteiger partial charge is 0.191 e. The zero-order valence-corrected chi connectivity index (χ0v) is 19.8. The van der Waals surface area contributed by atoms with E-state index in [1.165, 1.54) is 45.2 Å². The van der Waals surface area contributed by atoms with Gasteiger partial charge in [0.25, 0.3) is 0 Å². The zero-order valence-electron chi connectivity index (χ0n) is 17.5. The quantitative estimate of drug-likeness (QED) is 0.307. The van der Waals surface area contributed by atoms with Crippen molar-refractivity contribution in [3.63, 3.8) is 0 Å². The van der Waals surface area contributed by atoms with E-state index in [0.717, 1.165) is 48.8 Å². The molecule has 2 fully saturated rings. The van der Waals surface area contributed by atoms with Gasteiger partial charge in [0.1, 0.15) is 5.75 Å². The normalized spacial score (nSPS) is 18.4. The lowest BCUT2D eigenvalue weighted by Gasteiger charge is -2.29. The van der Waals surface area contributed by atoms with Gasteiger partial charge in [-0.2, -0.15) is 0 Å². The van der Waals surface area contributed by atoms with Crippen molar-refractivity contribution in [2.24, 2.45) is 16.8 Å². The zero-order chi connectivity index (χ0) is 18.9. The highest BCUT2D eigenvalue weighted by atomic mass is 127. The van der Waals surface area contributed by atoms with Crippen LogP contribution in [0.25, 0.3) is 0 Å². The largest absolute Gasteiger partial charge is 0.493 e. The van der Waals surface area contributed by atoms with E-state index in [1.54, 1.807) is 0 Å². The average molecular weight is 500 g/mol. The molecule has 5 nitrogen and oxygen atoms in total.